The zero-order valence-corrected chi connectivity index (χ0v) is 7.36. The Balaban J connectivity index is 3.01. The van der Waals surface area contributed by atoms with E-state index in [9.17, 15) is 26.1 Å². The van der Waals surface area contributed by atoms with E-state index in [4.69, 9.17) is 0 Å². The largest absolute Gasteiger partial charge is 0.509 e. The fourth-order valence-corrected chi connectivity index (χ4v) is 1.02. The Labute approximate surface area is 82.0 Å². The summed E-state index contributed by atoms with van der Waals surface area (Å²) < 4.78 is 73.4. The molecule has 0 aromatic heterocycles. The van der Waals surface area contributed by atoms with Gasteiger partial charge in [0.05, 0.1) is 0 Å². The molecule has 0 N–H and O–H groups in total. The predicted octanol–water partition coefficient (Wildman–Crippen LogP) is 2.80. The standard InChI is InChI=1S/C8H6BF6/c10-5-8(11,12)6-1-3-7(4-2-6)9(13,14)15/h1-4H,5H2/q-1. The van der Waals surface area contributed by atoms with E-state index in [1.165, 1.54) is 0 Å². The molecule has 84 valence electrons. The van der Waals surface area contributed by atoms with Crippen LogP contribution in [0.3, 0.4) is 0 Å². The number of hydrogen-bond acceptors (Lipinski definition) is 0. The Morgan fingerprint density at radius 3 is 1.80 bits per heavy atom. The molecule has 0 nitrogen and oxygen atoms in total. The minimum atomic E-state index is -5.20. The van der Waals surface area contributed by atoms with Crippen molar-refractivity contribution in [2.45, 2.75) is 5.92 Å². The van der Waals surface area contributed by atoms with Crippen LogP contribution in [0.15, 0.2) is 24.3 Å². The third kappa shape index (κ3) is 2.67. The lowest BCUT2D eigenvalue weighted by molar-refractivity contribution is -0.0280. The molecule has 0 saturated heterocycles. The van der Waals surface area contributed by atoms with Gasteiger partial charge in [-0.2, -0.15) is 8.78 Å². The molecule has 1 aromatic rings. The summed E-state index contributed by atoms with van der Waals surface area (Å²) in [6.45, 7) is -7.13. The van der Waals surface area contributed by atoms with Crippen LogP contribution in [0.4, 0.5) is 26.1 Å². The number of alkyl halides is 3. The summed E-state index contributed by atoms with van der Waals surface area (Å²) in [5.41, 5.74) is -1.73. The fourth-order valence-electron chi connectivity index (χ4n) is 1.02. The van der Waals surface area contributed by atoms with Crippen LogP contribution < -0.4 is 5.46 Å². The molecule has 0 radical (unpaired) electrons. The average molecular weight is 227 g/mol. The third-order valence-electron chi connectivity index (χ3n) is 1.88. The quantitative estimate of drug-likeness (QED) is 0.550. The molecule has 0 bridgehead atoms. The number of halogens is 6. The molecule has 0 heterocycles. The molecular formula is C8H6BF6-. The van der Waals surface area contributed by atoms with Gasteiger partial charge in [-0.05, 0) is 0 Å². The van der Waals surface area contributed by atoms with Crippen molar-refractivity contribution in [2.24, 2.45) is 0 Å². The SMILES string of the molecule is FCC(F)(F)c1ccc([B-](F)(F)F)cc1. The summed E-state index contributed by atoms with van der Waals surface area (Å²) >= 11 is 0. The third-order valence-corrected chi connectivity index (χ3v) is 1.88. The first-order valence-corrected chi connectivity index (χ1v) is 4.01. The van der Waals surface area contributed by atoms with Crippen LogP contribution in [-0.4, -0.2) is 13.7 Å². The highest BCUT2D eigenvalue weighted by molar-refractivity contribution is 6.73. The zero-order valence-electron chi connectivity index (χ0n) is 7.36. The maximum Gasteiger partial charge on any atom is 0.509 e. The minimum absolute atomic E-state index is 0.527. The van der Waals surface area contributed by atoms with Crippen molar-refractivity contribution in [1.29, 1.82) is 0 Å². The molecule has 15 heavy (non-hydrogen) atoms. The lowest BCUT2D eigenvalue weighted by atomic mass is 9.80. The monoisotopic (exact) mass is 227 g/mol. The highest BCUT2D eigenvalue weighted by atomic mass is 19.4. The van der Waals surface area contributed by atoms with Crippen molar-refractivity contribution < 1.29 is 26.1 Å². The van der Waals surface area contributed by atoms with Crippen molar-refractivity contribution in [2.75, 3.05) is 6.67 Å². The van der Waals surface area contributed by atoms with Gasteiger partial charge in [0.1, 0.15) is 0 Å². The van der Waals surface area contributed by atoms with Crippen molar-refractivity contribution in [3.63, 3.8) is 0 Å². The molecule has 1 rings (SSSR count). The van der Waals surface area contributed by atoms with Gasteiger partial charge in [0.25, 0.3) is 0 Å². The summed E-state index contributed by atoms with van der Waals surface area (Å²) in [7, 11) is 0. The average Bonchev–Trinajstić information content (AvgIpc) is 2.17. The molecule has 0 spiro atoms. The smallest absolute Gasteiger partial charge is 0.445 e. The minimum Gasteiger partial charge on any atom is -0.445 e. The van der Waals surface area contributed by atoms with E-state index in [-0.39, 0.29) is 0 Å². The van der Waals surface area contributed by atoms with Gasteiger partial charge in [0, 0.05) is 5.56 Å². The zero-order chi connectivity index (χ0) is 11.7. The number of rotatable bonds is 3. The summed E-state index contributed by atoms with van der Waals surface area (Å²) in [5.74, 6) is -3.73. The topological polar surface area (TPSA) is 0 Å². The van der Waals surface area contributed by atoms with Crippen LogP contribution in [0.1, 0.15) is 5.56 Å². The van der Waals surface area contributed by atoms with Gasteiger partial charge in [-0.1, -0.05) is 24.3 Å². The van der Waals surface area contributed by atoms with E-state index in [0.717, 1.165) is 0 Å². The lowest BCUT2D eigenvalue weighted by Gasteiger charge is -2.17. The molecule has 0 aliphatic heterocycles. The first kappa shape index (κ1) is 11.9. The normalized spacial score (nSPS) is 12.9. The first-order chi connectivity index (χ1) is 6.77. The molecule has 0 aliphatic rings. The van der Waals surface area contributed by atoms with Crippen LogP contribution in [0.25, 0.3) is 0 Å². The Morgan fingerprint density at radius 1 is 1.00 bits per heavy atom. The van der Waals surface area contributed by atoms with E-state index in [0.29, 0.717) is 24.3 Å². The summed E-state index contributed by atoms with van der Waals surface area (Å²) in [4.78, 5) is 0. The maximum atomic E-state index is 12.7. The van der Waals surface area contributed by atoms with E-state index >= 15 is 0 Å². The second-order valence-corrected chi connectivity index (χ2v) is 3.03. The predicted molar refractivity (Wildman–Crippen MR) is 45.0 cm³/mol. The molecule has 7 heteroatoms. The van der Waals surface area contributed by atoms with Crippen LogP contribution in [0.2, 0.25) is 0 Å². The van der Waals surface area contributed by atoms with Gasteiger partial charge < -0.3 is 12.9 Å². The van der Waals surface area contributed by atoms with Crippen molar-refractivity contribution in [3.8, 4) is 0 Å². The molecule has 0 atom stereocenters. The van der Waals surface area contributed by atoms with Gasteiger partial charge in [-0.15, -0.1) is 5.46 Å². The van der Waals surface area contributed by atoms with E-state index in [1.807, 2.05) is 0 Å². The molecule has 0 aliphatic carbocycles. The maximum absolute atomic E-state index is 12.7. The first-order valence-electron chi connectivity index (χ1n) is 4.01. The van der Waals surface area contributed by atoms with Gasteiger partial charge >= 0.3 is 12.9 Å². The Bertz CT molecular complexity index is 328. The van der Waals surface area contributed by atoms with Crippen molar-refractivity contribution in [1.82, 2.24) is 0 Å². The molecule has 0 amide bonds. The lowest BCUT2D eigenvalue weighted by Crippen LogP contribution is -2.34. The Hall–Kier alpha value is -1.14. The highest BCUT2D eigenvalue weighted by Gasteiger charge is 2.32. The second kappa shape index (κ2) is 3.79. The van der Waals surface area contributed by atoms with Crippen LogP contribution in [-0.2, 0) is 5.92 Å². The summed E-state index contributed by atoms with van der Waals surface area (Å²) in [5, 5.41) is 0. The molecular weight excluding hydrogens is 221 g/mol. The number of benzene rings is 1. The van der Waals surface area contributed by atoms with Gasteiger partial charge in [-0.25, -0.2) is 4.39 Å². The van der Waals surface area contributed by atoms with E-state index in [1.54, 1.807) is 0 Å². The van der Waals surface area contributed by atoms with Crippen molar-refractivity contribution >= 4 is 12.4 Å². The van der Waals surface area contributed by atoms with E-state index in [2.05, 4.69) is 0 Å². The Morgan fingerprint density at radius 2 is 1.47 bits per heavy atom. The van der Waals surface area contributed by atoms with Crippen LogP contribution in [0, 0.1) is 0 Å². The second-order valence-electron chi connectivity index (χ2n) is 3.03. The molecule has 0 unspecified atom stereocenters. The van der Waals surface area contributed by atoms with Crippen LogP contribution in [0.5, 0.6) is 0 Å². The molecule has 0 saturated carbocycles. The fraction of sp³-hybridized carbons (Fsp3) is 0.250. The number of hydrogen-bond donors (Lipinski definition) is 0. The van der Waals surface area contributed by atoms with Gasteiger partial charge in [0.2, 0.25) is 0 Å². The summed E-state index contributed by atoms with van der Waals surface area (Å²) in [6, 6.07) is 2.23. The summed E-state index contributed by atoms with van der Waals surface area (Å²) in [6.07, 6.45) is 0. The highest BCUT2D eigenvalue weighted by Crippen LogP contribution is 2.27. The molecule has 1 aromatic carbocycles. The Kier molecular flexibility index (Phi) is 3.01. The molecule has 0 fully saturated rings. The van der Waals surface area contributed by atoms with Gasteiger partial charge in [-0.3, -0.25) is 0 Å². The van der Waals surface area contributed by atoms with Crippen LogP contribution >= 0.6 is 0 Å². The van der Waals surface area contributed by atoms with Crippen molar-refractivity contribution in [3.05, 3.63) is 29.8 Å². The van der Waals surface area contributed by atoms with E-state index < -0.39 is 30.6 Å². The van der Waals surface area contributed by atoms with Gasteiger partial charge in [0.15, 0.2) is 6.67 Å².